The highest BCUT2D eigenvalue weighted by molar-refractivity contribution is 8.01. The van der Waals surface area contributed by atoms with E-state index in [-0.39, 0.29) is 11.9 Å². The molecule has 1 saturated carbocycles. The van der Waals surface area contributed by atoms with Gasteiger partial charge < -0.3 is 5.32 Å². The second-order valence-corrected chi connectivity index (χ2v) is 9.00. The van der Waals surface area contributed by atoms with E-state index in [4.69, 9.17) is 0 Å². The molecule has 1 fully saturated rings. The molecule has 1 aliphatic rings. The molecule has 1 aliphatic carbocycles. The summed E-state index contributed by atoms with van der Waals surface area (Å²) in [7, 11) is 0. The summed E-state index contributed by atoms with van der Waals surface area (Å²) in [5.41, 5.74) is 1.66. The zero-order valence-electron chi connectivity index (χ0n) is 14.9. The molecule has 3 aromatic heterocycles. The van der Waals surface area contributed by atoms with E-state index in [1.165, 1.54) is 0 Å². The molecule has 0 spiro atoms. The van der Waals surface area contributed by atoms with Gasteiger partial charge in [0.1, 0.15) is 22.8 Å². The minimum Gasteiger partial charge on any atom is -0.349 e. The Morgan fingerprint density at radius 3 is 2.63 bits per heavy atom. The Labute approximate surface area is 165 Å². The van der Waals surface area contributed by atoms with Crippen molar-refractivity contribution in [1.82, 2.24) is 30.0 Å². The van der Waals surface area contributed by atoms with Gasteiger partial charge in [-0.15, -0.1) is 21.5 Å². The molecule has 140 valence electrons. The van der Waals surface area contributed by atoms with Gasteiger partial charge in [-0.05, 0) is 44.7 Å². The molecule has 0 aliphatic heterocycles. The van der Waals surface area contributed by atoms with Crippen molar-refractivity contribution in [2.45, 2.75) is 48.2 Å². The maximum absolute atomic E-state index is 12.5. The van der Waals surface area contributed by atoms with Crippen LogP contribution >= 0.6 is 23.1 Å². The van der Waals surface area contributed by atoms with E-state index in [0.29, 0.717) is 16.6 Å². The molecule has 0 atom stereocenters. The van der Waals surface area contributed by atoms with Crippen molar-refractivity contribution in [2.24, 2.45) is 0 Å². The molecule has 1 amide bonds. The Morgan fingerprint density at radius 1 is 1.22 bits per heavy atom. The van der Waals surface area contributed by atoms with Crippen LogP contribution in [0.4, 0.5) is 0 Å². The summed E-state index contributed by atoms with van der Waals surface area (Å²) in [5.74, 6) is 0.621. The van der Waals surface area contributed by atoms with E-state index >= 15 is 0 Å². The highest BCUT2D eigenvalue weighted by atomic mass is 32.2. The van der Waals surface area contributed by atoms with E-state index in [0.717, 1.165) is 35.7 Å². The van der Waals surface area contributed by atoms with Crippen LogP contribution < -0.4 is 5.32 Å². The second-order valence-electron chi connectivity index (χ2n) is 6.59. The van der Waals surface area contributed by atoms with Crippen LogP contribution in [-0.4, -0.2) is 41.9 Å². The van der Waals surface area contributed by atoms with Gasteiger partial charge in [0, 0.05) is 28.6 Å². The fourth-order valence-electron chi connectivity index (χ4n) is 3.11. The average molecular weight is 401 g/mol. The second kappa shape index (κ2) is 8.18. The Hall–Kier alpha value is -2.26. The third kappa shape index (κ3) is 4.54. The number of hydrogen-bond acceptors (Lipinski definition) is 7. The van der Waals surface area contributed by atoms with Crippen molar-refractivity contribution in [3.05, 3.63) is 47.6 Å². The van der Waals surface area contributed by atoms with E-state index < -0.39 is 0 Å². The van der Waals surface area contributed by atoms with Gasteiger partial charge in [-0.25, -0.2) is 9.97 Å². The number of carbonyl (C=O) groups is 1. The van der Waals surface area contributed by atoms with Gasteiger partial charge in [0.2, 0.25) is 0 Å². The first kappa shape index (κ1) is 18.1. The van der Waals surface area contributed by atoms with Crippen LogP contribution in [-0.2, 0) is 0 Å². The topological polar surface area (TPSA) is 85.6 Å². The zero-order chi connectivity index (χ0) is 18.6. The average Bonchev–Trinajstić information content (AvgIpc) is 3.35. The van der Waals surface area contributed by atoms with Gasteiger partial charge >= 0.3 is 0 Å². The fourth-order valence-corrected chi connectivity index (χ4v) is 5.40. The van der Waals surface area contributed by atoms with Crippen LogP contribution in [0.15, 0.2) is 40.7 Å². The minimum atomic E-state index is -0.0653. The molecule has 9 heteroatoms. The fraction of sp³-hybridized carbons (Fsp3) is 0.389. The van der Waals surface area contributed by atoms with Crippen molar-refractivity contribution >= 4 is 29.0 Å². The van der Waals surface area contributed by atoms with Gasteiger partial charge in [0.05, 0.1) is 5.56 Å². The molecule has 0 radical (unpaired) electrons. The van der Waals surface area contributed by atoms with Gasteiger partial charge in [0.15, 0.2) is 0 Å². The van der Waals surface area contributed by atoms with Gasteiger partial charge in [-0.3, -0.25) is 9.36 Å². The van der Waals surface area contributed by atoms with Gasteiger partial charge in [-0.2, -0.15) is 0 Å². The number of rotatable bonds is 5. The highest BCUT2D eigenvalue weighted by Crippen LogP contribution is 2.35. The summed E-state index contributed by atoms with van der Waals surface area (Å²) in [6.45, 7) is 2.03. The molecule has 0 bridgehead atoms. The summed E-state index contributed by atoms with van der Waals surface area (Å²) in [4.78, 5) is 21.3. The molecule has 0 saturated heterocycles. The number of carbonyl (C=O) groups excluding carboxylic acids is 1. The quantitative estimate of drug-likeness (QED) is 0.707. The van der Waals surface area contributed by atoms with Crippen molar-refractivity contribution in [2.75, 3.05) is 0 Å². The molecule has 0 unspecified atom stereocenters. The number of nitrogens with zero attached hydrogens (tertiary/aromatic N) is 5. The predicted octanol–water partition coefficient (Wildman–Crippen LogP) is 3.26. The standard InChI is InChI=1S/C18H20N6OS2/c1-12-9-26-18(22-12)27-15-5-3-14(4-6-15)23-17(25)13-2-7-16(19-8-13)24-10-20-21-11-24/h2,7-11,14-15H,3-6H2,1H3,(H,23,25). The van der Waals surface area contributed by atoms with E-state index in [1.807, 2.05) is 18.7 Å². The first-order valence-electron chi connectivity index (χ1n) is 8.88. The third-order valence-electron chi connectivity index (χ3n) is 4.57. The number of thiazole rings is 1. The van der Waals surface area contributed by atoms with E-state index in [9.17, 15) is 4.79 Å². The summed E-state index contributed by atoms with van der Waals surface area (Å²) in [5, 5.41) is 13.3. The lowest BCUT2D eigenvalue weighted by Gasteiger charge is -2.28. The van der Waals surface area contributed by atoms with Crippen LogP contribution in [0, 0.1) is 6.92 Å². The highest BCUT2D eigenvalue weighted by Gasteiger charge is 2.24. The molecule has 7 nitrogen and oxygen atoms in total. The van der Waals surface area contributed by atoms with Gasteiger partial charge in [-0.1, -0.05) is 11.8 Å². The number of amides is 1. The Morgan fingerprint density at radius 2 is 2.00 bits per heavy atom. The first-order valence-corrected chi connectivity index (χ1v) is 10.6. The smallest absolute Gasteiger partial charge is 0.253 e. The van der Waals surface area contributed by atoms with E-state index in [2.05, 4.69) is 30.9 Å². The largest absolute Gasteiger partial charge is 0.349 e. The lowest BCUT2D eigenvalue weighted by atomic mass is 9.95. The molecular formula is C18H20N6OS2. The lowest BCUT2D eigenvalue weighted by Crippen LogP contribution is -2.38. The predicted molar refractivity (Wildman–Crippen MR) is 105 cm³/mol. The molecule has 3 heterocycles. The number of nitrogens with one attached hydrogen (secondary N) is 1. The van der Waals surface area contributed by atoms with Crippen LogP contribution in [0.2, 0.25) is 0 Å². The van der Waals surface area contributed by atoms with Crippen molar-refractivity contribution in [3.63, 3.8) is 0 Å². The molecular weight excluding hydrogens is 380 g/mol. The summed E-state index contributed by atoms with van der Waals surface area (Å²) < 4.78 is 2.85. The maximum Gasteiger partial charge on any atom is 0.253 e. The molecule has 4 rings (SSSR count). The number of aromatic nitrogens is 5. The minimum absolute atomic E-state index is 0.0653. The SMILES string of the molecule is Cc1csc(SC2CCC(NC(=O)c3ccc(-n4cnnc4)nc3)CC2)n1. The maximum atomic E-state index is 12.5. The van der Waals surface area contributed by atoms with Crippen LogP contribution in [0.25, 0.3) is 5.82 Å². The molecule has 3 aromatic rings. The first-order chi connectivity index (χ1) is 13.2. The van der Waals surface area contributed by atoms with Crippen LogP contribution in [0.3, 0.4) is 0 Å². The van der Waals surface area contributed by atoms with Crippen molar-refractivity contribution in [3.8, 4) is 5.82 Å². The monoisotopic (exact) mass is 400 g/mol. The van der Waals surface area contributed by atoms with Crippen molar-refractivity contribution < 1.29 is 4.79 Å². The number of pyridine rings is 1. The summed E-state index contributed by atoms with van der Waals surface area (Å²) >= 11 is 3.59. The van der Waals surface area contributed by atoms with Crippen LogP contribution in [0.1, 0.15) is 41.7 Å². The summed E-state index contributed by atoms with van der Waals surface area (Å²) in [6, 6.07) is 3.80. The molecule has 1 N–H and O–H groups in total. The molecule has 0 aromatic carbocycles. The molecule has 27 heavy (non-hydrogen) atoms. The van der Waals surface area contributed by atoms with Gasteiger partial charge in [0.25, 0.3) is 5.91 Å². The Bertz CT molecular complexity index is 885. The number of hydrogen-bond donors (Lipinski definition) is 1. The Balaban J connectivity index is 1.28. The van der Waals surface area contributed by atoms with Crippen LogP contribution in [0.5, 0.6) is 0 Å². The normalized spacial score (nSPS) is 19.7. The number of aryl methyl sites for hydroxylation is 1. The number of thioether (sulfide) groups is 1. The van der Waals surface area contributed by atoms with Crippen molar-refractivity contribution in [1.29, 1.82) is 0 Å². The third-order valence-corrected chi connectivity index (χ3v) is 7.00. The Kier molecular flexibility index (Phi) is 5.49. The summed E-state index contributed by atoms with van der Waals surface area (Å²) in [6.07, 6.45) is 8.94. The van der Waals surface area contributed by atoms with E-state index in [1.54, 1.807) is 46.9 Å². The zero-order valence-corrected chi connectivity index (χ0v) is 16.5. The lowest BCUT2D eigenvalue weighted by molar-refractivity contribution is 0.0928.